The number of aliphatic hydroxyl groups excluding tert-OH is 1. The second kappa shape index (κ2) is 7.03. The quantitative estimate of drug-likeness (QED) is 0.895. The number of aliphatic hydroxyl groups is 1. The Morgan fingerprint density at radius 1 is 1.42 bits per heavy atom. The van der Waals surface area contributed by atoms with E-state index in [1.807, 2.05) is 19.1 Å². The molecule has 0 unspecified atom stereocenters. The van der Waals surface area contributed by atoms with Crippen LogP contribution >= 0.6 is 24.2 Å². The van der Waals surface area contributed by atoms with Gasteiger partial charge in [0.25, 0.3) is 0 Å². The molecular weight excluding hydrogens is 282 g/mol. The number of allylic oxidation sites excluding steroid dienone is 1. The molecule has 0 aromatic carbocycles. The summed E-state index contributed by atoms with van der Waals surface area (Å²) in [6.45, 7) is 5.04. The maximum atomic E-state index is 9.00. The van der Waals surface area contributed by atoms with Gasteiger partial charge in [0, 0.05) is 41.4 Å². The minimum absolute atomic E-state index is 0. The lowest BCUT2D eigenvalue weighted by molar-refractivity contribution is 0.300. The number of hydrogen-bond donors (Lipinski definition) is 2. The molecule has 0 amide bonds. The summed E-state index contributed by atoms with van der Waals surface area (Å²) >= 11 is 1.80. The predicted molar refractivity (Wildman–Crippen MR) is 83.0 cm³/mol. The standard InChI is InChI=1S/C13H19N3OS.ClH/c1-9-3-4-11(13(14)15-9)7-16-8-18-12(5-6-17)10(16)2;/h3-4,17H,5-8H2,1-2H3,(H2,14,15);1H. The molecule has 0 radical (unpaired) electrons. The number of nitrogens with two attached hydrogens (primary N) is 1. The Morgan fingerprint density at radius 3 is 2.79 bits per heavy atom. The van der Waals surface area contributed by atoms with Crippen LogP contribution < -0.4 is 5.73 Å². The van der Waals surface area contributed by atoms with Gasteiger partial charge in [-0.3, -0.25) is 0 Å². The van der Waals surface area contributed by atoms with Crippen LogP contribution in [0.25, 0.3) is 0 Å². The number of nitrogen functional groups attached to an aromatic ring is 1. The molecule has 4 nitrogen and oxygen atoms in total. The molecule has 6 heteroatoms. The van der Waals surface area contributed by atoms with E-state index in [4.69, 9.17) is 10.8 Å². The molecule has 1 aliphatic rings. The van der Waals surface area contributed by atoms with Crippen molar-refractivity contribution in [1.29, 1.82) is 0 Å². The maximum absolute atomic E-state index is 9.00. The SMILES string of the molecule is CC1=C(CCO)SCN1Cc1ccc(C)nc1N.Cl. The van der Waals surface area contributed by atoms with Gasteiger partial charge in [-0.25, -0.2) is 4.98 Å². The topological polar surface area (TPSA) is 62.4 Å². The van der Waals surface area contributed by atoms with E-state index in [1.54, 1.807) is 11.8 Å². The molecule has 1 aromatic heterocycles. The average molecular weight is 302 g/mol. The molecule has 1 aromatic rings. The molecule has 2 rings (SSSR count). The first-order chi connectivity index (χ1) is 8.61. The predicted octanol–water partition coefficient (Wildman–Crippen LogP) is 2.51. The molecule has 0 saturated heterocycles. The summed E-state index contributed by atoms with van der Waals surface area (Å²) in [6.07, 6.45) is 0.745. The van der Waals surface area contributed by atoms with Crippen molar-refractivity contribution in [3.8, 4) is 0 Å². The summed E-state index contributed by atoms with van der Waals surface area (Å²) in [5.74, 6) is 1.54. The first-order valence-corrected chi connectivity index (χ1v) is 7.00. The van der Waals surface area contributed by atoms with Crippen molar-refractivity contribution in [2.45, 2.75) is 26.8 Å². The molecule has 0 aliphatic carbocycles. The lowest BCUT2D eigenvalue weighted by atomic mass is 10.2. The van der Waals surface area contributed by atoms with Crippen LogP contribution in [-0.4, -0.2) is 27.5 Å². The highest BCUT2D eigenvalue weighted by molar-refractivity contribution is 8.03. The average Bonchev–Trinajstić information content (AvgIpc) is 2.66. The monoisotopic (exact) mass is 301 g/mol. The molecular formula is C13H20ClN3OS. The van der Waals surface area contributed by atoms with Gasteiger partial charge in [0.05, 0.1) is 5.88 Å². The molecule has 2 heterocycles. The molecule has 1 aliphatic heterocycles. The highest BCUT2D eigenvalue weighted by Crippen LogP contribution is 2.35. The van der Waals surface area contributed by atoms with Crippen LogP contribution in [0, 0.1) is 6.92 Å². The number of aryl methyl sites for hydroxylation is 1. The Labute approximate surface area is 124 Å². The second-order valence-electron chi connectivity index (χ2n) is 4.45. The van der Waals surface area contributed by atoms with E-state index >= 15 is 0 Å². The third-order valence-electron chi connectivity index (χ3n) is 3.12. The lowest BCUT2D eigenvalue weighted by Crippen LogP contribution is -2.18. The first kappa shape index (κ1) is 16.1. The van der Waals surface area contributed by atoms with Crippen LogP contribution in [0.15, 0.2) is 22.7 Å². The van der Waals surface area contributed by atoms with Crippen molar-refractivity contribution in [3.05, 3.63) is 34.0 Å². The zero-order chi connectivity index (χ0) is 13.1. The van der Waals surface area contributed by atoms with Crippen molar-refractivity contribution < 1.29 is 5.11 Å². The highest BCUT2D eigenvalue weighted by Gasteiger charge is 2.20. The summed E-state index contributed by atoms with van der Waals surface area (Å²) in [5, 5.41) is 9.00. The number of pyridine rings is 1. The zero-order valence-corrected chi connectivity index (χ0v) is 12.9. The van der Waals surface area contributed by atoms with E-state index in [1.165, 1.54) is 10.6 Å². The Balaban J connectivity index is 0.00000180. The molecule has 0 spiro atoms. The third-order valence-corrected chi connectivity index (χ3v) is 4.41. The van der Waals surface area contributed by atoms with Gasteiger partial charge in [-0.05, 0) is 19.9 Å². The van der Waals surface area contributed by atoms with E-state index in [0.29, 0.717) is 5.82 Å². The van der Waals surface area contributed by atoms with Gasteiger partial charge < -0.3 is 15.7 Å². The Kier molecular flexibility index (Phi) is 5.97. The number of nitrogens with zero attached hydrogens (tertiary/aromatic N) is 2. The Bertz CT molecular complexity index is 479. The zero-order valence-electron chi connectivity index (χ0n) is 11.2. The minimum atomic E-state index is 0. The van der Waals surface area contributed by atoms with Crippen LogP contribution in [0.5, 0.6) is 0 Å². The lowest BCUT2D eigenvalue weighted by Gasteiger charge is -2.20. The number of rotatable bonds is 4. The van der Waals surface area contributed by atoms with Crippen LogP contribution in [0.1, 0.15) is 24.6 Å². The van der Waals surface area contributed by atoms with E-state index in [2.05, 4.69) is 16.8 Å². The molecule has 0 saturated carbocycles. The highest BCUT2D eigenvalue weighted by atomic mass is 35.5. The fourth-order valence-electron chi connectivity index (χ4n) is 2.00. The molecule has 0 atom stereocenters. The number of thioether (sulfide) groups is 1. The van der Waals surface area contributed by atoms with Crippen molar-refractivity contribution in [2.24, 2.45) is 0 Å². The van der Waals surface area contributed by atoms with Gasteiger partial charge in [0.2, 0.25) is 0 Å². The molecule has 19 heavy (non-hydrogen) atoms. The summed E-state index contributed by atoms with van der Waals surface area (Å²) in [7, 11) is 0. The van der Waals surface area contributed by atoms with E-state index in [-0.39, 0.29) is 19.0 Å². The third kappa shape index (κ3) is 3.78. The van der Waals surface area contributed by atoms with Gasteiger partial charge in [-0.15, -0.1) is 24.2 Å². The summed E-state index contributed by atoms with van der Waals surface area (Å²) in [6, 6.07) is 4.03. The second-order valence-corrected chi connectivity index (χ2v) is 5.49. The van der Waals surface area contributed by atoms with Crippen LogP contribution in [-0.2, 0) is 6.54 Å². The van der Waals surface area contributed by atoms with Gasteiger partial charge in [-0.1, -0.05) is 6.07 Å². The number of hydrogen-bond acceptors (Lipinski definition) is 5. The van der Waals surface area contributed by atoms with Crippen molar-refractivity contribution in [2.75, 3.05) is 18.2 Å². The Hall–Kier alpha value is -0.910. The fourth-order valence-corrected chi connectivity index (χ4v) is 3.17. The number of anilines is 1. The molecule has 0 bridgehead atoms. The van der Waals surface area contributed by atoms with Crippen LogP contribution in [0.3, 0.4) is 0 Å². The van der Waals surface area contributed by atoms with Gasteiger partial charge >= 0.3 is 0 Å². The number of aromatic nitrogens is 1. The van der Waals surface area contributed by atoms with Crippen molar-refractivity contribution in [3.63, 3.8) is 0 Å². The minimum Gasteiger partial charge on any atom is -0.396 e. The number of halogens is 1. The normalized spacial score (nSPS) is 14.8. The van der Waals surface area contributed by atoms with E-state index in [0.717, 1.165) is 30.1 Å². The maximum Gasteiger partial charge on any atom is 0.128 e. The van der Waals surface area contributed by atoms with Crippen molar-refractivity contribution >= 4 is 30.0 Å². The smallest absolute Gasteiger partial charge is 0.128 e. The van der Waals surface area contributed by atoms with Gasteiger partial charge in [0.15, 0.2) is 0 Å². The summed E-state index contributed by atoms with van der Waals surface area (Å²) in [4.78, 5) is 7.83. The summed E-state index contributed by atoms with van der Waals surface area (Å²) < 4.78 is 0. The molecule has 3 N–H and O–H groups in total. The van der Waals surface area contributed by atoms with Crippen molar-refractivity contribution in [1.82, 2.24) is 9.88 Å². The van der Waals surface area contributed by atoms with E-state index in [9.17, 15) is 0 Å². The molecule has 0 fully saturated rings. The Morgan fingerprint density at radius 2 is 2.16 bits per heavy atom. The van der Waals surface area contributed by atoms with Crippen LogP contribution in [0.4, 0.5) is 5.82 Å². The van der Waals surface area contributed by atoms with E-state index < -0.39 is 0 Å². The van der Waals surface area contributed by atoms with Gasteiger partial charge in [0.1, 0.15) is 5.82 Å². The fraction of sp³-hybridized carbons (Fsp3) is 0.462. The van der Waals surface area contributed by atoms with Crippen LogP contribution in [0.2, 0.25) is 0 Å². The van der Waals surface area contributed by atoms with Gasteiger partial charge in [-0.2, -0.15) is 0 Å². The molecule has 106 valence electrons. The first-order valence-electron chi connectivity index (χ1n) is 6.02. The summed E-state index contributed by atoms with van der Waals surface area (Å²) in [5.41, 5.74) is 9.19. The largest absolute Gasteiger partial charge is 0.396 e.